The van der Waals surface area contributed by atoms with Crippen LogP contribution in [0.3, 0.4) is 0 Å². The van der Waals surface area contributed by atoms with Crippen LogP contribution in [0.4, 0.5) is 4.39 Å². The maximum atomic E-state index is 13.8. The highest BCUT2D eigenvalue weighted by atomic mass is 32.1. The summed E-state index contributed by atoms with van der Waals surface area (Å²) in [5.41, 5.74) is 0.767. The van der Waals surface area contributed by atoms with Crippen LogP contribution >= 0.6 is 12.2 Å². The molecule has 2 aliphatic rings. The maximum absolute atomic E-state index is 13.8. The fraction of sp³-hybridized carbons (Fsp3) is 0.632. The number of tetrazole rings is 1. The number of piperazine rings is 1. The van der Waals surface area contributed by atoms with E-state index >= 15 is 0 Å². The molecule has 0 bridgehead atoms. The average Bonchev–Trinajstić information content (AvgIpc) is 3.06. The molecule has 0 spiro atoms. The van der Waals surface area contributed by atoms with Crippen LogP contribution in [-0.4, -0.2) is 55.8 Å². The minimum absolute atomic E-state index is 0.120. The number of halogens is 1. The van der Waals surface area contributed by atoms with Gasteiger partial charge in [0.15, 0.2) is 0 Å². The Kier molecular flexibility index (Phi) is 5.95. The number of benzene rings is 1. The van der Waals surface area contributed by atoms with Crippen LogP contribution in [0.25, 0.3) is 0 Å². The summed E-state index contributed by atoms with van der Waals surface area (Å²) in [6.07, 6.45) is 6.13. The summed E-state index contributed by atoms with van der Waals surface area (Å²) in [6.45, 7) is 5.02. The van der Waals surface area contributed by atoms with Gasteiger partial charge in [-0.25, -0.2) is 13.8 Å². The first-order valence-electron chi connectivity index (χ1n) is 9.91. The SMILES string of the molecule is Fc1ccccc1CN1CCN(Cn2nnn(C3CCCCC3)c2=S)CC1. The zero-order chi connectivity index (χ0) is 18.6. The molecule has 1 saturated heterocycles. The third kappa shape index (κ3) is 4.44. The van der Waals surface area contributed by atoms with Gasteiger partial charge in [0.2, 0.25) is 4.77 Å². The van der Waals surface area contributed by atoms with E-state index in [4.69, 9.17) is 12.2 Å². The summed E-state index contributed by atoms with van der Waals surface area (Å²) in [7, 11) is 0. The lowest BCUT2D eigenvalue weighted by molar-refractivity contribution is 0.0967. The lowest BCUT2D eigenvalue weighted by Gasteiger charge is -2.34. The first-order valence-corrected chi connectivity index (χ1v) is 10.3. The van der Waals surface area contributed by atoms with E-state index in [1.54, 1.807) is 6.07 Å². The zero-order valence-electron chi connectivity index (χ0n) is 15.6. The highest BCUT2D eigenvalue weighted by molar-refractivity contribution is 7.71. The molecule has 0 atom stereocenters. The minimum Gasteiger partial charge on any atom is -0.296 e. The van der Waals surface area contributed by atoms with Gasteiger partial charge in [-0.2, -0.15) is 0 Å². The predicted molar refractivity (Wildman–Crippen MR) is 104 cm³/mol. The lowest BCUT2D eigenvalue weighted by atomic mass is 9.96. The third-order valence-corrected chi connectivity index (χ3v) is 6.13. The van der Waals surface area contributed by atoms with Gasteiger partial charge in [0.25, 0.3) is 0 Å². The first kappa shape index (κ1) is 18.7. The van der Waals surface area contributed by atoms with Gasteiger partial charge in [0.05, 0.1) is 12.7 Å². The van der Waals surface area contributed by atoms with Gasteiger partial charge in [-0.05, 0) is 41.6 Å². The molecule has 0 unspecified atom stereocenters. The fourth-order valence-electron chi connectivity index (χ4n) is 4.08. The van der Waals surface area contributed by atoms with Gasteiger partial charge in [-0.1, -0.05) is 37.5 Å². The van der Waals surface area contributed by atoms with Crippen molar-refractivity contribution in [3.8, 4) is 0 Å². The van der Waals surface area contributed by atoms with Crippen molar-refractivity contribution in [2.24, 2.45) is 0 Å². The summed E-state index contributed by atoms with van der Waals surface area (Å²) in [4.78, 5) is 4.64. The fourth-order valence-corrected chi connectivity index (χ4v) is 4.36. The third-order valence-electron chi connectivity index (χ3n) is 5.73. The van der Waals surface area contributed by atoms with Gasteiger partial charge in [0.1, 0.15) is 5.82 Å². The van der Waals surface area contributed by atoms with E-state index in [-0.39, 0.29) is 5.82 Å². The molecule has 27 heavy (non-hydrogen) atoms. The van der Waals surface area contributed by atoms with E-state index in [9.17, 15) is 4.39 Å². The second-order valence-corrected chi connectivity index (χ2v) is 7.99. The Balaban J connectivity index is 1.31. The molecular weight excluding hydrogens is 363 g/mol. The largest absolute Gasteiger partial charge is 0.296 e. The van der Waals surface area contributed by atoms with E-state index in [1.165, 1.54) is 25.3 Å². The molecule has 0 radical (unpaired) electrons. The van der Waals surface area contributed by atoms with Gasteiger partial charge < -0.3 is 0 Å². The predicted octanol–water partition coefficient (Wildman–Crippen LogP) is 3.23. The van der Waals surface area contributed by atoms with Crippen LogP contribution in [0.5, 0.6) is 0 Å². The van der Waals surface area contributed by atoms with Gasteiger partial charge in [0, 0.05) is 38.3 Å². The zero-order valence-corrected chi connectivity index (χ0v) is 16.5. The smallest absolute Gasteiger partial charge is 0.217 e. The molecule has 1 aromatic heterocycles. The molecule has 0 amide bonds. The Morgan fingerprint density at radius 1 is 0.963 bits per heavy atom. The molecule has 1 saturated carbocycles. The normalized spacial score (nSPS) is 20.2. The molecule has 2 fully saturated rings. The Morgan fingerprint density at radius 2 is 1.67 bits per heavy atom. The molecule has 8 heteroatoms. The minimum atomic E-state index is -0.120. The van der Waals surface area contributed by atoms with E-state index < -0.39 is 0 Å². The van der Waals surface area contributed by atoms with E-state index in [2.05, 4.69) is 20.2 Å². The molecule has 1 aliphatic carbocycles. The van der Waals surface area contributed by atoms with Crippen LogP contribution < -0.4 is 0 Å². The van der Waals surface area contributed by atoms with Crippen molar-refractivity contribution in [1.82, 2.24) is 29.6 Å². The van der Waals surface area contributed by atoms with Crippen molar-refractivity contribution in [2.75, 3.05) is 26.2 Å². The standard InChI is InChI=1S/C19H27FN6S/c20-18-9-5-4-6-16(18)14-23-10-12-24(13-11-23)15-25-19(27)26(22-21-25)17-7-2-1-3-8-17/h4-6,9,17H,1-3,7-8,10-15H2. The van der Waals surface area contributed by atoms with E-state index in [0.29, 0.717) is 19.3 Å². The topological polar surface area (TPSA) is 42.1 Å². The number of nitrogens with zero attached hydrogens (tertiary/aromatic N) is 6. The Bertz CT molecular complexity index is 805. The highest BCUT2D eigenvalue weighted by Crippen LogP contribution is 2.27. The molecule has 1 aromatic carbocycles. The number of aromatic nitrogens is 4. The Hall–Kier alpha value is -1.64. The molecule has 1 aliphatic heterocycles. The molecule has 146 valence electrons. The molecular formula is C19H27FN6S. The van der Waals surface area contributed by atoms with Crippen LogP contribution in [-0.2, 0) is 13.2 Å². The summed E-state index contributed by atoms with van der Waals surface area (Å²) in [5, 5.41) is 8.64. The van der Waals surface area contributed by atoms with Crippen LogP contribution in [0.15, 0.2) is 24.3 Å². The monoisotopic (exact) mass is 390 g/mol. The Morgan fingerprint density at radius 3 is 2.41 bits per heavy atom. The summed E-state index contributed by atoms with van der Waals surface area (Å²) in [6, 6.07) is 7.44. The first-order chi connectivity index (χ1) is 13.2. The van der Waals surface area contributed by atoms with Gasteiger partial charge >= 0.3 is 0 Å². The second-order valence-electron chi connectivity index (χ2n) is 7.62. The number of hydrogen-bond acceptors (Lipinski definition) is 5. The summed E-state index contributed by atoms with van der Waals surface area (Å²) >= 11 is 5.62. The molecule has 4 rings (SSSR count). The van der Waals surface area contributed by atoms with Crippen molar-refractivity contribution < 1.29 is 4.39 Å². The van der Waals surface area contributed by atoms with Gasteiger partial charge in [-0.3, -0.25) is 9.80 Å². The van der Waals surface area contributed by atoms with E-state index in [1.807, 2.05) is 21.5 Å². The highest BCUT2D eigenvalue weighted by Gasteiger charge is 2.21. The van der Waals surface area contributed by atoms with Crippen molar-refractivity contribution in [2.45, 2.75) is 51.4 Å². The van der Waals surface area contributed by atoms with Crippen molar-refractivity contribution in [3.05, 3.63) is 40.4 Å². The molecule has 0 N–H and O–H groups in total. The second kappa shape index (κ2) is 8.58. The molecule has 2 heterocycles. The summed E-state index contributed by atoms with van der Waals surface area (Å²) < 4.78 is 18.4. The maximum Gasteiger partial charge on any atom is 0.217 e. The van der Waals surface area contributed by atoms with Gasteiger partial charge in [-0.15, -0.1) is 0 Å². The van der Waals surface area contributed by atoms with Crippen molar-refractivity contribution >= 4 is 12.2 Å². The quantitative estimate of drug-likeness (QED) is 0.734. The Labute approximate surface area is 164 Å². The van der Waals surface area contributed by atoms with Crippen molar-refractivity contribution in [3.63, 3.8) is 0 Å². The van der Waals surface area contributed by atoms with Crippen LogP contribution in [0, 0.1) is 10.6 Å². The molecule has 2 aromatic rings. The van der Waals surface area contributed by atoms with Crippen LogP contribution in [0.2, 0.25) is 0 Å². The van der Waals surface area contributed by atoms with E-state index in [0.717, 1.165) is 49.4 Å². The average molecular weight is 391 g/mol. The van der Waals surface area contributed by atoms with Crippen LogP contribution in [0.1, 0.15) is 43.7 Å². The number of hydrogen-bond donors (Lipinski definition) is 0. The molecule has 6 nitrogen and oxygen atoms in total. The van der Waals surface area contributed by atoms with Crippen molar-refractivity contribution in [1.29, 1.82) is 0 Å². The summed E-state index contributed by atoms with van der Waals surface area (Å²) in [5.74, 6) is -0.120. The lowest BCUT2D eigenvalue weighted by Crippen LogP contribution is -2.46. The number of rotatable bonds is 5.